The number of carbonyl (C=O) groups is 1. The predicted molar refractivity (Wildman–Crippen MR) is 204 cm³/mol. The molecule has 0 fully saturated rings. The topological polar surface area (TPSA) is 60.9 Å². The maximum atomic E-state index is 13.8. The molecule has 0 heterocycles. The first-order valence-corrected chi connectivity index (χ1v) is 21.7. The smallest absolute Gasteiger partial charge is 0.342 e. The van der Waals surface area contributed by atoms with E-state index >= 15 is 0 Å². The van der Waals surface area contributed by atoms with Gasteiger partial charge in [0, 0.05) is 19.0 Å². The lowest BCUT2D eigenvalue weighted by Crippen LogP contribution is -2.42. The molecule has 5 nitrogen and oxygen atoms in total. The van der Waals surface area contributed by atoms with Gasteiger partial charge in [0.2, 0.25) is 5.91 Å². The summed E-state index contributed by atoms with van der Waals surface area (Å²) < 4.78 is 12.6. The summed E-state index contributed by atoms with van der Waals surface area (Å²) >= 11 is 0. The molecule has 0 aliphatic carbocycles. The summed E-state index contributed by atoms with van der Waals surface area (Å²) in [6, 6.07) is 0. The van der Waals surface area contributed by atoms with Crippen molar-refractivity contribution in [3.05, 3.63) is 12.2 Å². The normalized spacial score (nSPS) is 13.5. The van der Waals surface area contributed by atoms with Crippen molar-refractivity contribution in [3.8, 4) is 0 Å². The van der Waals surface area contributed by atoms with Gasteiger partial charge in [-0.2, -0.15) is 0 Å². The summed E-state index contributed by atoms with van der Waals surface area (Å²) in [4.78, 5) is 17.7. The molecule has 0 spiro atoms. The second kappa shape index (κ2) is 34.1. The van der Waals surface area contributed by atoms with Crippen LogP contribution in [0.1, 0.15) is 181 Å². The molecule has 0 aliphatic rings. The van der Waals surface area contributed by atoms with Gasteiger partial charge in [-0.05, 0) is 39.8 Å². The lowest BCUT2D eigenvalue weighted by molar-refractivity contribution is -0.136. The van der Waals surface area contributed by atoms with Crippen LogP contribution in [0, 0.1) is 5.92 Å². The summed E-state index contributed by atoms with van der Waals surface area (Å²) in [6.45, 7) is 8.29. The molecule has 0 aromatic rings. The molecule has 1 amide bonds. The highest BCUT2D eigenvalue weighted by Gasteiger charge is 2.28. The Balaban J connectivity index is 4.75. The van der Waals surface area contributed by atoms with Gasteiger partial charge in [-0.25, -0.2) is 0 Å². The van der Waals surface area contributed by atoms with Crippen LogP contribution in [-0.2, 0) is 9.36 Å². The predicted octanol–water partition coefficient (Wildman–Crippen LogP) is 11.5. The molecule has 3 unspecified atom stereocenters. The van der Waals surface area contributed by atoms with E-state index in [0.29, 0.717) is 12.7 Å². The van der Waals surface area contributed by atoms with Gasteiger partial charge in [0.15, 0.2) is 12.3 Å². The van der Waals surface area contributed by atoms with Gasteiger partial charge in [0.05, 0.1) is 6.54 Å². The summed E-state index contributed by atoms with van der Waals surface area (Å²) in [7, 11) is 2.48. The molecule has 0 bridgehead atoms. The van der Waals surface area contributed by atoms with Crippen molar-refractivity contribution in [1.82, 2.24) is 9.80 Å². The van der Waals surface area contributed by atoms with Crippen molar-refractivity contribution in [2.75, 3.05) is 46.1 Å². The number of aliphatic hydroxyl groups excluding tert-OH is 1. The van der Waals surface area contributed by atoms with Crippen molar-refractivity contribution >= 4 is 13.7 Å². The molecule has 272 valence electrons. The van der Waals surface area contributed by atoms with Crippen molar-refractivity contribution in [2.45, 2.75) is 187 Å². The third-order valence-corrected chi connectivity index (χ3v) is 10.8. The molecule has 0 aliphatic heterocycles. The van der Waals surface area contributed by atoms with Crippen LogP contribution in [-0.4, -0.2) is 73.0 Å². The van der Waals surface area contributed by atoms with E-state index in [9.17, 15) is 14.5 Å². The molecule has 0 aromatic carbocycles. The lowest BCUT2D eigenvalue weighted by atomic mass is 9.94. The van der Waals surface area contributed by atoms with Gasteiger partial charge in [-0.3, -0.25) is 4.79 Å². The van der Waals surface area contributed by atoms with Crippen LogP contribution in [0.5, 0.6) is 0 Å². The van der Waals surface area contributed by atoms with E-state index in [1.807, 2.05) is 23.9 Å². The average molecular weight is 668 g/mol. The van der Waals surface area contributed by atoms with Crippen LogP contribution in [0.4, 0.5) is 0 Å². The molecule has 0 saturated carbocycles. The van der Waals surface area contributed by atoms with Gasteiger partial charge >= 0.3 is 7.80 Å². The van der Waals surface area contributed by atoms with Gasteiger partial charge in [0.1, 0.15) is 6.10 Å². The summed E-state index contributed by atoms with van der Waals surface area (Å²) in [5.74, 6) is 0.202. The van der Waals surface area contributed by atoms with Crippen LogP contribution in [0.2, 0.25) is 0 Å². The zero-order valence-electron chi connectivity index (χ0n) is 31.6. The van der Waals surface area contributed by atoms with E-state index in [1.54, 1.807) is 0 Å². The van der Waals surface area contributed by atoms with E-state index in [1.165, 1.54) is 128 Å². The van der Waals surface area contributed by atoms with Crippen LogP contribution in [0.25, 0.3) is 0 Å². The Morgan fingerprint density at radius 1 is 0.652 bits per heavy atom. The fourth-order valence-corrected chi connectivity index (χ4v) is 7.72. The lowest BCUT2D eigenvalue weighted by Gasteiger charge is -2.28. The highest BCUT2D eigenvalue weighted by molar-refractivity contribution is 7.44. The van der Waals surface area contributed by atoms with Gasteiger partial charge in [0.25, 0.3) is 0 Å². The highest BCUT2D eigenvalue weighted by atomic mass is 31.1. The largest absolute Gasteiger partial charge is 0.387 e. The number of hydrogen-bond acceptors (Lipinski definition) is 4. The maximum absolute atomic E-state index is 13.8. The Morgan fingerprint density at radius 3 is 1.61 bits per heavy atom. The Labute approximate surface area is 288 Å². The van der Waals surface area contributed by atoms with Crippen molar-refractivity contribution in [3.63, 3.8) is 0 Å². The van der Waals surface area contributed by atoms with E-state index in [0.717, 1.165) is 38.6 Å². The molecule has 46 heavy (non-hydrogen) atoms. The van der Waals surface area contributed by atoms with Gasteiger partial charge < -0.3 is 14.9 Å². The van der Waals surface area contributed by atoms with Crippen molar-refractivity contribution in [1.29, 1.82) is 0 Å². The third-order valence-electron chi connectivity index (χ3n) is 9.31. The quantitative estimate of drug-likeness (QED) is 0.0415. The number of hydrogen-bond donors (Lipinski definition) is 1. The molecule has 0 radical (unpaired) electrons. The van der Waals surface area contributed by atoms with Gasteiger partial charge in [-0.15, -0.1) is 0 Å². The van der Waals surface area contributed by atoms with Gasteiger partial charge in [-0.1, -0.05) is 172 Å². The summed E-state index contributed by atoms with van der Waals surface area (Å²) in [5, 5.41) is 10.9. The minimum absolute atomic E-state index is 0.0220. The Bertz CT molecular complexity index is 715. The molecule has 6 heteroatoms. The van der Waals surface area contributed by atoms with Crippen molar-refractivity contribution < 1.29 is 14.5 Å². The van der Waals surface area contributed by atoms with E-state index in [4.69, 9.17) is 0 Å². The maximum Gasteiger partial charge on any atom is 0.342 e. The molecule has 0 saturated heterocycles. The Kier molecular flexibility index (Phi) is 33.5. The third kappa shape index (κ3) is 29.4. The molecule has 3 atom stereocenters. The Hall–Kier alpha value is -0.770. The van der Waals surface area contributed by atoms with E-state index in [2.05, 4.69) is 32.9 Å². The minimum Gasteiger partial charge on any atom is -0.387 e. The van der Waals surface area contributed by atoms with Crippen LogP contribution < -0.4 is 0 Å². The zero-order valence-corrected chi connectivity index (χ0v) is 32.5. The first kappa shape index (κ1) is 45.2. The van der Waals surface area contributed by atoms with Crippen molar-refractivity contribution in [2.24, 2.45) is 5.92 Å². The Morgan fingerprint density at radius 2 is 1.13 bits per heavy atom. The second-order valence-corrected chi connectivity index (χ2v) is 16.1. The highest BCUT2D eigenvalue weighted by Crippen LogP contribution is 2.24. The summed E-state index contributed by atoms with van der Waals surface area (Å²) in [6.07, 6.45) is 36.2. The first-order chi connectivity index (χ1) is 22.3. The first-order valence-electron chi connectivity index (χ1n) is 20.0. The zero-order chi connectivity index (χ0) is 34.1. The number of rotatable bonds is 35. The van der Waals surface area contributed by atoms with E-state index < -0.39 is 13.9 Å². The fourth-order valence-electron chi connectivity index (χ4n) is 6.33. The molecular weight excluding hydrogens is 587 g/mol. The number of carbonyl (C=O) groups excluding carboxylic acids is 1. The van der Waals surface area contributed by atoms with Crippen LogP contribution in [0.15, 0.2) is 12.2 Å². The number of allylic oxidation sites excluding steroid dienone is 1. The number of amides is 1. The average Bonchev–Trinajstić information content (AvgIpc) is 3.03. The minimum atomic E-state index is -1.48. The SMILES string of the molecule is CCCCCCCCCCCCCC=CCN(CC(O)C[P+](=O)CCN(C)C)C(=O)C(CCC)CCCCCCCCCCCC. The standard InChI is InChI=1S/C40H80N2O3P/c1-6-9-11-13-15-17-19-20-21-22-24-26-28-30-33-42(36-39(43)37-46(45)35-34-41(4)5)40(44)38(31-8-3)32-29-27-25-23-18-16-14-12-10-7-2/h28,30,38-39,43H,6-27,29,31-37H2,1-5H3/q+1. The monoisotopic (exact) mass is 668 g/mol. The second-order valence-electron chi connectivity index (χ2n) is 14.3. The molecular formula is C40H80N2O3P+. The number of aliphatic hydroxyl groups is 1. The molecule has 0 aromatic heterocycles. The van der Waals surface area contributed by atoms with Crippen LogP contribution >= 0.6 is 7.80 Å². The summed E-state index contributed by atoms with van der Waals surface area (Å²) in [5.41, 5.74) is 0. The molecule has 0 rings (SSSR count). The number of unbranched alkanes of at least 4 members (excludes halogenated alkanes) is 20. The van der Waals surface area contributed by atoms with E-state index in [-0.39, 0.29) is 24.5 Å². The van der Waals surface area contributed by atoms with Crippen LogP contribution in [0.3, 0.4) is 0 Å². The number of nitrogens with zero attached hydrogens (tertiary/aromatic N) is 2. The fraction of sp³-hybridized carbons (Fsp3) is 0.925. The molecule has 1 N–H and O–H groups in total.